The molecule has 0 fully saturated rings. The number of benzene rings is 2. The molecule has 1 aliphatic rings. The Labute approximate surface area is 202 Å². The van der Waals surface area contributed by atoms with Crippen molar-refractivity contribution in [3.8, 4) is 0 Å². The maximum atomic E-state index is 12.3. The topological polar surface area (TPSA) is 79.7 Å². The average molecular weight is 474 g/mol. The lowest BCUT2D eigenvalue weighted by Gasteiger charge is -2.27. The number of aromatic nitrogens is 2. The first kappa shape index (κ1) is 22.4. The summed E-state index contributed by atoms with van der Waals surface area (Å²) in [4.78, 5) is 25.5. The SMILES string of the molecule is CC(C)(C)OC(=O)CN1CCc2c(sc3ncnc(N/N=C/c4cccc5ccccc45)c23)C1. The molecule has 8 heteroatoms. The third kappa shape index (κ3) is 4.78. The molecule has 34 heavy (non-hydrogen) atoms. The van der Waals surface area contributed by atoms with Gasteiger partial charge in [0.15, 0.2) is 5.82 Å². The van der Waals surface area contributed by atoms with E-state index in [-0.39, 0.29) is 12.5 Å². The summed E-state index contributed by atoms with van der Waals surface area (Å²) < 4.78 is 5.49. The zero-order valence-electron chi connectivity index (χ0n) is 19.5. The van der Waals surface area contributed by atoms with Gasteiger partial charge in [-0.2, -0.15) is 5.10 Å². The molecule has 0 atom stereocenters. The van der Waals surface area contributed by atoms with Gasteiger partial charge < -0.3 is 4.74 Å². The van der Waals surface area contributed by atoms with E-state index in [1.807, 2.05) is 45.2 Å². The molecular formula is C26H27N5O2S. The van der Waals surface area contributed by atoms with E-state index in [2.05, 4.69) is 49.7 Å². The molecule has 1 aliphatic heterocycles. The molecule has 0 amide bonds. The summed E-state index contributed by atoms with van der Waals surface area (Å²) in [5.41, 5.74) is 4.95. The number of nitrogens with one attached hydrogen (secondary N) is 1. The van der Waals surface area contributed by atoms with E-state index in [1.54, 1.807) is 17.7 Å². The van der Waals surface area contributed by atoms with Gasteiger partial charge in [-0.15, -0.1) is 11.3 Å². The summed E-state index contributed by atoms with van der Waals surface area (Å²) in [5.74, 6) is 0.515. The molecule has 2 aromatic carbocycles. The molecule has 0 saturated carbocycles. The second-order valence-corrected chi connectivity index (χ2v) is 10.5. The molecule has 4 aromatic rings. The van der Waals surface area contributed by atoms with E-state index in [0.29, 0.717) is 12.4 Å². The molecule has 0 radical (unpaired) electrons. The van der Waals surface area contributed by atoms with Gasteiger partial charge in [0.25, 0.3) is 0 Å². The summed E-state index contributed by atoms with van der Waals surface area (Å²) in [6, 6.07) is 14.4. The van der Waals surface area contributed by atoms with Crippen LogP contribution in [0.3, 0.4) is 0 Å². The Morgan fingerprint density at radius 1 is 1.21 bits per heavy atom. The fraction of sp³-hybridized carbons (Fsp3) is 0.308. The number of ether oxygens (including phenoxy) is 1. The lowest BCUT2D eigenvalue weighted by atomic mass is 10.1. The number of hydrazone groups is 1. The number of hydrogen-bond donors (Lipinski definition) is 1. The first-order valence-corrected chi connectivity index (χ1v) is 12.2. The molecule has 0 bridgehead atoms. The first-order chi connectivity index (χ1) is 16.4. The third-order valence-electron chi connectivity index (χ3n) is 5.69. The fourth-order valence-corrected chi connectivity index (χ4v) is 5.51. The highest BCUT2D eigenvalue weighted by atomic mass is 32.1. The normalized spacial score (nSPS) is 14.6. The summed E-state index contributed by atoms with van der Waals surface area (Å²) >= 11 is 1.65. The lowest BCUT2D eigenvalue weighted by Crippen LogP contribution is -2.37. The number of anilines is 1. The van der Waals surface area contributed by atoms with Crippen LogP contribution in [0.5, 0.6) is 0 Å². The van der Waals surface area contributed by atoms with Crippen molar-refractivity contribution in [3.63, 3.8) is 0 Å². The van der Waals surface area contributed by atoms with Crippen molar-refractivity contribution in [1.82, 2.24) is 14.9 Å². The summed E-state index contributed by atoms with van der Waals surface area (Å²) in [6.07, 6.45) is 4.23. The van der Waals surface area contributed by atoms with E-state index in [0.717, 1.165) is 34.1 Å². The molecule has 0 saturated heterocycles. The zero-order valence-corrected chi connectivity index (χ0v) is 20.4. The van der Waals surface area contributed by atoms with E-state index < -0.39 is 5.60 Å². The second kappa shape index (κ2) is 9.12. The van der Waals surface area contributed by atoms with Gasteiger partial charge >= 0.3 is 5.97 Å². The van der Waals surface area contributed by atoms with Crippen molar-refractivity contribution in [2.24, 2.45) is 5.10 Å². The monoisotopic (exact) mass is 473 g/mol. The molecule has 174 valence electrons. The van der Waals surface area contributed by atoms with Crippen molar-refractivity contribution in [1.29, 1.82) is 0 Å². The minimum Gasteiger partial charge on any atom is -0.459 e. The van der Waals surface area contributed by atoms with Gasteiger partial charge in [-0.25, -0.2) is 9.97 Å². The number of carbonyl (C=O) groups is 1. The quantitative estimate of drug-likeness (QED) is 0.250. The highest BCUT2D eigenvalue weighted by Crippen LogP contribution is 2.37. The molecular weight excluding hydrogens is 446 g/mol. The van der Waals surface area contributed by atoms with Crippen LogP contribution in [0.15, 0.2) is 53.9 Å². The maximum Gasteiger partial charge on any atom is 0.320 e. The summed E-state index contributed by atoms with van der Waals surface area (Å²) in [6.45, 7) is 7.44. The van der Waals surface area contributed by atoms with Gasteiger partial charge in [-0.3, -0.25) is 15.1 Å². The van der Waals surface area contributed by atoms with Crippen molar-refractivity contribution in [2.75, 3.05) is 18.5 Å². The number of esters is 1. The number of rotatable bonds is 5. The Bertz CT molecular complexity index is 1380. The van der Waals surface area contributed by atoms with Crippen molar-refractivity contribution in [2.45, 2.75) is 39.3 Å². The molecule has 0 unspecified atom stereocenters. The lowest BCUT2D eigenvalue weighted by molar-refractivity contribution is -0.156. The zero-order chi connectivity index (χ0) is 23.7. The minimum atomic E-state index is -0.474. The van der Waals surface area contributed by atoms with E-state index >= 15 is 0 Å². The van der Waals surface area contributed by atoms with Gasteiger partial charge in [0, 0.05) is 23.5 Å². The van der Waals surface area contributed by atoms with Crippen LogP contribution in [0.1, 0.15) is 36.8 Å². The van der Waals surface area contributed by atoms with Gasteiger partial charge in [0.2, 0.25) is 0 Å². The highest BCUT2D eigenvalue weighted by Gasteiger charge is 2.26. The first-order valence-electron chi connectivity index (χ1n) is 11.3. The fourth-order valence-electron chi connectivity index (χ4n) is 4.28. The van der Waals surface area contributed by atoms with Gasteiger partial charge in [0.05, 0.1) is 18.1 Å². The summed E-state index contributed by atoms with van der Waals surface area (Å²) in [5, 5.41) is 7.85. The number of nitrogens with zero attached hydrogens (tertiary/aromatic N) is 4. The molecule has 5 rings (SSSR count). The highest BCUT2D eigenvalue weighted by molar-refractivity contribution is 7.19. The van der Waals surface area contributed by atoms with Crippen LogP contribution in [0.4, 0.5) is 5.82 Å². The van der Waals surface area contributed by atoms with Crippen molar-refractivity contribution in [3.05, 3.63) is 64.8 Å². The average Bonchev–Trinajstić information content (AvgIpc) is 3.16. The Kier molecular flexibility index (Phi) is 6.02. The summed E-state index contributed by atoms with van der Waals surface area (Å²) in [7, 11) is 0. The standard InChI is InChI=1S/C26H27N5O2S/c1-26(2,3)33-22(32)15-31-12-11-20-21(14-31)34-25-23(20)24(27-16-28-25)30-29-13-18-9-6-8-17-7-4-5-10-19(17)18/h4-10,13,16H,11-12,14-15H2,1-3H3,(H,27,28,30)/b29-13+. The van der Waals surface area contributed by atoms with Crippen LogP contribution in [0.25, 0.3) is 21.0 Å². The Hall–Kier alpha value is -3.36. The maximum absolute atomic E-state index is 12.3. The number of hydrogen-bond acceptors (Lipinski definition) is 8. The van der Waals surface area contributed by atoms with Crippen LogP contribution in [-0.4, -0.2) is 45.7 Å². The van der Waals surface area contributed by atoms with Gasteiger partial charge in [-0.1, -0.05) is 42.5 Å². The molecule has 1 N–H and O–H groups in total. The third-order valence-corrected chi connectivity index (χ3v) is 6.81. The van der Waals surface area contributed by atoms with Gasteiger partial charge in [0.1, 0.15) is 16.8 Å². The van der Waals surface area contributed by atoms with Crippen LogP contribution >= 0.6 is 11.3 Å². The molecule has 3 heterocycles. The molecule has 2 aromatic heterocycles. The second-order valence-electron chi connectivity index (χ2n) is 9.39. The molecule has 0 spiro atoms. The number of fused-ring (bicyclic) bond motifs is 4. The molecule has 7 nitrogen and oxygen atoms in total. The predicted molar refractivity (Wildman–Crippen MR) is 137 cm³/mol. The van der Waals surface area contributed by atoms with Crippen LogP contribution in [-0.2, 0) is 22.5 Å². The number of thiophene rings is 1. The van der Waals surface area contributed by atoms with E-state index in [9.17, 15) is 4.79 Å². The van der Waals surface area contributed by atoms with Gasteiger partial charge in [-0.05, 0) is 43.5 Å². The van der Waals surface area contributed by atoms with E-state index in [4.69, 9.17) is 4.74 Å². The van der Waals surface area contributed by atoms with Crippen molar-refractivity contribution < 1.29 is 9.53 Å². The predicted octanol–water partition coefficient (Wildman–Crippen LogP) is 4.99. The minimum absolute atomic E-state index is 0.193. The Balaban J connectivity index is 1.35. The molecule has 0 aliphatic carbocycles. The Morgan fingerprint density at radius 2 is 2.03 bits per heavy atom. The van der Waals surface area contributed by atoms with Crippen molar-refractivity contribution >= 4 is 50.3 Å². The smallest absolute Gasteiger partial charge is 0.320 e. The van der Waals surface area contributed by atoms with E-state index in [1.165, 1.54) is 15.8 Å². The Morgan fingerprint density at radius 3 is 2.88 bits per heavy atom. The largest absolute Gasteiger partial charge is 0.459 e. The van der Waals surface area contributed by atoms with Crippen LogP contribution in [0.2, 0.25) is 0 Å². The van der Waals surface area contributed by atoms with Crippen LogP contribution < -0.4 is 5.43 Å². The van der Waals surface area contributed by atoms with Crippen LogP contribution in [0, 0.1) is 0 Å². The number of carbonyl (C=O) groups excluding carboxylic acids is 1.